The summed E-state index contributed by atoms with van der Waals surface area (Å²) in [5.41, 5.74) is 0.471. The van der Waals surface area contributed by atoms with Crippen molar-refractivity contribution in [1.82, 2.24) is 4.98 Å². The van der Waals surface area contributed by atoms with Crippen molar-refractivity contribution in [2.45, 2.75) is 0 Å². The second-order valence-corrected chi connectivity index (χ2v) is 5.05. The molecule has 0 radical (unpaired) electrons. The summed E-state index contributed by atoms with van der Waals surface area (Å²) >= 11 is 0. The lowest BCUT2D eigenvalue weighted by Crippen LogP contribution is -2.04. The van der Waals surface area contributed by atoms with E-state index in [-0.39, 0.29) is 16.9 Å². The van der Waals surface area contributed by atoms with E-state index >= 15 is 0 Å². The number of ether oxygens (including phenoxy) is 1. The first-order valence-corrected chi connectivity index (χ1v) is 6.96. The van der Waals surface area contributed by atoms with E-state index in [4.69, 9.17) is 4.74 Å². The minimum Gasteiger partial charge on any atom is -0.500 e. The number of nitrogens with zero attached hydrogens (tertiary/aromatic N) is 2. The van der Waals surface area contributed by atoms with E-state index < -0.39 is 22.1 Å². The molecule has 0 aliphatic heterocycles. The van der Waals surface area contributed by atoms with Crippen molar-refractivity contribution in [3.63, 3.8) is 0 Å². The van der Waals surface area contributed by atoms with Crippen LogP contribution in [0.15, 0.2) is 48.7 Å². The number of fused-ring (bicyclic) bond motifs is 1. The molecule has 24 heavy (non-hydrogen) atoms. The smallest absolute Gasteiger partial charge is 0.315 e. The molecule has 0 amide bonds. The fourth-order valence-electron chi connectivity index (χ4n) is 2.38. The van der Waals surface area contributed by atoms with Crippen molar-refractivity contribution < 1.29 is 19.6 Å². The Morgan fingerprint density at radius 2 is 1.96 bits per heavy atom. The Hall–Kier alpha value is -3.48. The van der Waals surface area contributed by atoms with Gasteiger partial charge in [-0.25, -0.2) is 0 Å². The number of benzene rings is 2. The van der Waals surface area contributed by atoms with Crippen molar-refractivity contribution in [3.8, 4) is 11.5 Å². The number of phenols is 1. The number of methoxy groups -OCH3 is 1. The van der Waals surface area contributed by atoms with Crippen molar-refractivity contribution in [2.24, 2.45) is 0 Å². The highest BCUT2D eigenvalue weighted by molar-refractivity contribution is 6.10. The average molecular weight is 324 g/mol. The first-order valence-electron chi connectivity index (χ1n) is 6.96. The van der Waals surface area contributed by atoms with Gasteiger partial charge < -0.3 is 9.84 Å². The lowest BCUT2D eigenvalue weighted by atomic mass is 10.0. The molecule has 120 valence electrons. The van der Waals surface area contributed by atoms with Crippen LogP contribution in [0.1, 0.15) is 15.9 Å². The molecule has 0 unspecified atom stereocenters. The third-order valence-corrected chi connectivity index (χ3v) is 3.59. The molecule has 3 rings (SSSR count). The molecule has 0 fully saturated rings. The number of carbonyl (C=O) groups is 1. The molecule has 0 saturated carbocycles. The zero-order valence-electron chi connectivity index (χ0n) is 12.6. The Labute approximate surface area is 136 Å². The Kier molecular flexibility index (Phi) is 3.83. The van der Waals surface area contributed by atoms with Gasteiger partial charge in [0.1, 0.15) is 0 Å². The van der Waals surface area contributed by atoms with Crippen LogP contribution in [-0.2, 0) is 0 Å². The van der Waals surface area contributed by atoms with Gasteiger partial charge in [-0.1, -0.05) is 18.2 Å². The van der Waals surface area contributed by atoms with Crippen molar-refractivity contribution in [3.05, 3.63) is 69.9 Å². The van der Waals surface area contributed by atoms with E-state index in [2.05, 4.69) is 4.98 Å². The molecule has 0 bridgehead atoms. The monoisotopic (exact) mass is 324 g/mol. The fourth-order valence-corrected chi connectivity index (χ4v) is 2.38. The SMILES string of the molecule is COc1cc(C(=O)c2cnc3ccccc3c2)cc([N+](=O)[O-])c1O. The summed E-state index contributed by atoms with van der Waals surface area (Å²) in [5.74, 6) is -1.20. The van der Waals surface area contributed by atoms with Crippen molar-refractivity contribution in [1.29, 1.82) is 0 Å². The molecule has 7 heteroatoms. The highest BCUT2D eigenvalue weighted by atomic mass is 16.6. The van der Waals surface area contributed by atoms with Crippen LogP contribution in [0.4, 0.5) is 5.69 Å². The number of pyridine rings is 1. The van der Waals surface area contributed by atoms with Gasteiger partial charge >= 0.3 is 5.69 Å². The molecule has 7 nitrogen and oxygen atoms in total. The van der Waals surface area contributed by atoms with Crippen LogP contribution in [0.2, 0.25) is 0 Å². The molecular weight excluding hydrogens is 312 g/mol. The third kappa shape index (κ3) is 2.63. The molecule has 3 aromatic rings. The number of phenolic OH excluding ortho intramolecular Hbond substituents is 1. The normalized spacial score (nSPS) is 10.5. The van der Waals surface area contributed by atoms with Crippen LogP contribution in [0.5, 0.6) is 11.5 Å². The van der Waals surface area contributed by atoms with Gasteiger partial charge in [0.15, 0.2) is 11.5 Å². The van der Waals surface area contributed by atoms with Gasteiger partial charge in [0, 0.05) is 28.8 Å². The summed E-state index contributed by atoms with van der Waals surface area (Å²) in [6, 6.07) is 11.2. The number of aromatic nitrogens is 1. The van der Waals surface area contributed by atoms with Gasteiger partial charge in [-0.3, -0.25) is 19.9 Å². The van der Waals surface area contributed by atoms with Crippen LogP contribution in [0, 0.1) is 10.1 Å². The van der Waals surface area contributed by atoms with Gasteiger partial charge in [-0.2, -0.15) is 0 Å². The average Bonchev–Trinajstić information content (AvgIpc) is 2.60. The highest BCUT2D eigenvalue weighted by Gasteiger charge is 2.23. The van der Waals surface area contributed by atoms with Crippen LogP contribution in [0.25, 0.3) is 10.9 Å². The lowest BCUT2D eigenvalue weighted by molar-refractivity contribution is -0.386. The van der Waals surface area contributed by atoms with E-state index in [1.165, 1.54) is 19.4 Å². The standard InChI is InChI=1S/C17H12N2O5/c1-24-15-8-11(7-14(17(15)21)19(22)23)16(20)12-6-10-4-2-3-5-13(10)18-9-12/h2-9,21H,1H3. The third-order valence-electron chi connectivity index (χ3n) is 3.59. The van der Waals surface area contributed by atoms with E-state index in [9.17, 15) is 20.0 Å². The largest absolute Gasteiger partial charge is 0.500 e. The predicted molar refractivity (Wildman–Crippen MR) is 86.5 cm³/mol. The molecule has 2 aromatic carbocycles. The number of aromatic hydroxyl groups is 1. The van der Waals surface area contributed by atoms with Crippen LogP contribution in [0.3, 0.4) is 0 Å². The van der Waals surface area contributed by atoms with Gasteiger partial charge in [0.2, 0.25) is 5.75 Å². The quantitative estimate of drug-likeness (QED) is 0.449. The molecule has 0 atom stereocenters. The first kappa shape index (κ1) is 15.4. The highest BCUT2D eigenvalue weighted by Crippen LogP contribution is 2.37. The maximum Gasteiger partial charge on any atom is 0.315 e. The van der Waals surface area contributed by atoms with Crippen LogP contribution >= 0.6 is 0 Å². The van der Waals surface area contributed by atoms with Crippen molar-refractivity contribution in [2.75, 3.05) is 7.11 Å². The number of nitro groups is 1. The minimum absolute atomic E-state index is 0.0356. The lowest BCUT2D eigenvalue weighted by Gasteiger charge is -2.07. The van der Waals surface area contributed by atoms with E-state index in [1.807, 2.05) is 24.3 Å². The maximum atomic E-state index is 12.6. The second kappa shape index (κ2) is 5.96. The number of para-hydroxylation sites is 1. The van der Waals surface area contributed by atoms with Crippen LogP contribution < -0.4 is 4.74 Å². The van der Waals surface area contributed by atoms with E-state index in [0.29, 0.717) is 0 Å². The minimum atomic E-state index is -0.771. The predicted octanol–water partition coefficient (Wildman–Crippen LogP) is 3.09. The number of rotatable bonds is 4. The number of hydrogen-bond donors (Lipinski definition) is 1. The summed E-state index contributed by atoms with van der Waals surface area (Å²) in [5, 5.41) is 21.6. The zero-order valence-corrected chi connectivity index (χ0v) is 12.6. The topological polar surface area (TPSA) is 103 Å². The molecule has 0 aliphatic rings. The Morgan fingerprint density at radius 1 is 1.21 bits per heavy atom. The zero-order chi connectivity index (χ0) is 17.3. The molecule has 0 aliphatic carbocycles. The second-order valence-electron chi connectivity index (χ2n) is 5.05. The Bertz CT molecular complexity index is 968. The fraction of sp³-hybridized carbons (Fsp3) is 0.0588. The molecule has 1 N–H and O–H groups in total. The van der Waals surface area contributed by atoms with Gasteiger partial charge in [-0.05, 0) is 18.2 Å². The van der Waals surface area contributed by atoms with E-state index in [0.717, 1.165) is 17.0 Å². The summed E-state index contributed by atoms with van der Waals surface area (Å²) in [6.45, 7) is 0. The van der Waals surface area contributed by atoms with Gasteiger partial charge in [-0.15, -0.1) is 0 Å². The summed E-state index contributed by atoms with van der Waals surface area (Å²) in [7, 11) is 1.25. The van der Waals surface area contributed by atoms with Crippen LogP contribution in [-0.4, -0.2) is 27.9 Å². The summed E-state index contributed by atoms with van der Waals surface area (Å²) < 4.78 is 4.91. The number of nitro benzene ring substituents is 1. The van der Waals surface area contributed by atoms with Gasteiger partial charge in [0.25, 0.3) is 0 Å². The molecule has 1 aromatic heterocycles. The first-order chi connectivity index (χ1) is 11.5. The van der Waals surface area contributed by atoms with E-state index in [1.54, 1.807) is 6.07 Å². The number of carbonyl (C=O) groups excluding carboxylic acids is 1. The van der Waals surface area contributed by atoms with Crippen molar-refractivity contribution >= 4 is 22.4 Å². The Balaban J connectivity index is 2.11. The maximum absolute atomic E-state index is 12.6. The molecule has 0 saturated heterocycles. The summed E-state index contributed by atoms with van der Waals surface area (Å²) in [6.07, 6.45) is 1.41. The molecule has 0 spiro atoms. The molecular formula is C17H12N2O5. The van der Waals surface area contributed by atoms with Gasteiger partial charge in [0.05, 0.1) is 17.5 Å². The Morgan fingerprint density at radius 3 is 2.67 bits per heavy atom. The molecule has 1 heterocycles. The summed E-state index contributed by atoms with van der Waals surface area (Å²) in [4.78, 5) is 27.1. The number of hydrogen-bond acceptors (Lipinski definition) is 6. The number of ketones is 1.